The van der Waals surface area contributed by atoms with E-state index in [0.29, 0.717) is 6.54 Å². The Hall–Kier alpha value is -2.90. The van der Waals surface area contributed by atoms with Gasteiger partial charge >= 0.3 is 0 Å². The van der Waals surface area contributed by atoms with Gasteiger partial charge in [0.05, 0.1) is 12.2 Å². The van der Waals surface area contributed by atoms with Crippen molar-refractivity contribution >= 4 is 17.7 Å². The first-order chi connectivity index (χ1) is 14.0. The Morgan fingerprint density at radius 1 is 1.14 bits per heavy atom. The van der Waals surface area contributed by atoms with Crippen LogP contribution in [0.1, 0.15) is 54.2 Å². The van der Waals surface area contributed by atoms with E-state index in [4.69, 9.17) is 20.0 Å². The number of amides is 1. The van der Waals surface area contributed by atoms with Crippen LogP contribution in [0.5, 0.6) is 0 Å². The van der Waals surface area contributed by atoms with Crippen LogP contribution in [0.2, 0.25) is 0 Å². The fourth-order valence-electron chi connectivity index (χ4n) is 4.35. The van der Waals surface area contributed by atoms with E-state index in [1.54, 1.807) is 0 Å². The van der Waals surface area contributed by atoms with Crippen molar-refractivity contribution in [3.63, 3.8) is 0 Å². The summed E-state index contributed by atoms with van der Waals surface area (Å²) in [7, 11) is 0. The number of aryl methyl sites for hydroxylation is 1. The predicted molar refractivity (Wildman–Crippen MR) is 109 cm³/mol. The third-order valence-electron chi connectivity index (χ3n) is 5.68. The number of rotatable bonds is 1. The van der Waals surface area contributed by atoms with E-state index < -0.39 is 5.97 Å². The van der Waals surface area contributed by atoms with Gasteiger partial charge in [-0.2, -0.15) is 5.10 Å². The molecule has 0 aromatic carbocycles. The average molecular weight is 397 g/mol. The van der Waals surface area contributed by atoms with Crippen molar-refractivity contribution < 1.29 is 14.7 Å². The zero-order chi connectivity index (χ0) is 20.4. The van der Waals surface area contributed by atoms with Crippen LogP contribution in [-0.2, 0) is 24.2 Å². The number of fused-ring (bicyclic) bond motifs is 5. The second-order valence-electron chi connectivity index (χ2n) is 7.77. The molecule has 5 rings (SSSR count). The summed E-state index contributed by atoms with van der Waals surface area (Å²) in [6.45, 7) is 4.67. The topological polar surface area (TPSA) is 100 Å². The van der Waals surface area contributed by atoms with Gasteiger partial charge in [-0.1, -0.05) is 12.8 Å². The lowest BCUT2D eigenvalue weighted by Crippen LogP contribution is -2.36. The number of aromatic nitrogens is 3. The fraction of sp³-hybridized carbons (Fsp3) is 0.524. The highest BCUT2D eigenvalue weighted by molar-refractivity contribution is 5.97. The van der Waals surface area contributed by atoms with Crippen LogP contribution in [0, 0.1) is 0 Å². The third-order valence-corrected chi connectivity index (χ3v) is 5.68. The standard InChI is InChI=1S/C19H23N5O.C2H4O2/c25-19-18-14-6-5-13-12-21-16(23-8-3-1-2-4-9-23)11-15(13)17(14)22-24(18)10-7-20-19;1-2(3)4/h11-12H,1-10H2,(H,20,25);1H3,(H,3,4). The summed E-state index contributed by atoms with van der Waals surface area (Å²) in [6, 6.07) is 2.20. The molecular formula is C21H27N5O3. The molecule has 2 aliphatic heterocycles. The molecule has 0 unspecified atom stereocenters. The Morgan fingerprint density at radius 2 is 1.86 bits per heavy atom. The quantitative estimate of drug-likeness (QED) is 0.766. The smallest absolute Gasteiger partial charge is 0.300 e. The molecule has 1 amide bonds. The second-order valence-corrected chi connectivity index (χ2v) is 7.77. The van der Waals surface area contributed by atoms with Crippen LogP contribution >= 0.6 is 0 Å². The van der Waals surface area contributed by atoms with Crippen molar-refractivity contribution in [2.75, 3.05) is 24.5 Å². The number of carbonyl (C=O) groups excluding carboxylic acids is 1. The Morgan fingerprint density at radius 3 is 2.59 bits per heavy atom. The van der Waals surface area contributed by atoms with Crippen LogP contribution < -0.4 is 10.2 Å². The van der Waals surface area contributed by atoms with Crippen molar-refractivity contribution in [1.29, 1.82) is 0 Å². The maximum Gasteiger partial charge on any atom is 0.300 e. The molecule has 0 bridgehead atoms. The van der Waals surface area contributed by atoms with Crippen molar-refractivity contribution in [2.24, 2.45) is 0 Å². The van der Waals surface area contributed by atoms with Crippen LogP contribution in [0.25, 0.3) is 11.3 Å². The van der Waals surface area contributed by atoms with E-state index in [-0.39, 0.29) is 5.91 Å². The van der Waals surface area contributed by atoms with Crippen LogP contribution in [0.4, 0.5) is 5.82 Å². The highest BCUT2D eigenvalue weighted by Crippen LogP contribution is 2.36. The summed E-state index contributed by atoms with van der Waals surface area (Å²) in [4.78, 5) is 28.4. The maximum absolute atomic E-state index is 12.3. The van der Waals surface area contributed by atoms with E-state index in [9.17, 15) is 4.79 Å². The van der Waals surface area contributed by atoms with Crippen LogP contribution in [0.15, 0.2) is 12.3 Å². The zero-order valence-corrected chi connectivity index (χ0v) is 16.8. The molecule has 0 atom stereocenters. The van der Waals surface area contributed by atoms with Gasteiger partial charge in [-0.05, 0) is 37.3 Å². The van der Waals surface area contributed by atoms with Crippen molar-refractivity contribution in [3.05, 3.63) is 29.1 Å². The molecule has 8 nitrogen and oxygen atoms in total. The fourth-order valence-corrected chi connectivity index (χ4v) is 4.35. The highest BCUT2D eigenvalue weighted by Gasteiger charge is 2.30. The normalized spacial score (nSPS) is 17.7. The largest absolute Gasteiger partial charge is 0.481 e. The monoisotopic (exact) mass is 397 g/mol. The number of carbonyl (C=O) groups is 2. The van der Waals surface area contributed by atoms with Gasteiger partial charge in [0.25, 0.3) is 11.9 Å². The molecule has 2 aromatic rings. The molecular weight excluding hydrogens is 370 g/mol. The first-order valence-corrected chi connectivity index (χ1v) is 10.4. The Kier molecular flexibility index (Phi) is 5.51. The van der Waals surface area contributed by atoms with E-state index >= 15 is 0 Å². The van der Waals surface area contributed by atoms with Gasteiger partial charge < -0.3 is 15.3 Å². The third kappa shape index (κ3) is 3.97. The van der Waals surface area contributed by atoms with Gasteiger partial charge in [-0.3, -0.25) is 14.3 Å². The maximum atomic E-state index is 12.3. The first-order valence-electron chi connectivity index (χ1n) is 10.4. The lowest BCUT2D eigenvalue weighted by atomic mass is 9.90. The van der Waals surface area contributed by atoms with Gasteiger partial charge in [0.2, 0.25) is 0 Å². The summed E-state index contributed by atoms with van der Waals surface area (Å²) in [5.74, 6) is 0.245. The average Bonchev–Trinajstić information content (AvgIpc) is 2.88. The number of hydrogen-bond donors (Lipinski definition) is 2. The molecule has 8 heteroatoms. The highest BCUT2D eigenvalue weighted by atomic mass is 16.4. The van der Waals surface area contributed by atoms with Crippen molar-refractivity contribution in [1.82, 2.24) is 20.1 Å². The Labute approximate surface area is 169 Å². The van der Waals surface area contributed by atoms with Crippen LogP contribution in [0.3, 0.4) is 0 Å². The molecule has 4 heterocycles. The lowest BCUT2D eigenvalue weighted by Gasteiger charge is -2.24. The molecule has 0 spiro atoms. The molecule has 154 valence electrons. The minimum Gasteiger partial charge on any atom is -0.481 e. The van der Waals surface area contributed by atoms with Crippen molar-refractivity contribution in [2.45, 2.75) is 52.0 Å². The molecule has 0 radical (unpaired) electrons. The van der Waals surface area contributed by atoms with Gasteiger partial charge in [0, 0.05) is 43.9 Å². The van der Waals surface area contributed by atoms with Gasteiger partial charge in [0.1, 0.15) is 11.5 Å². The van der Waals surface area contributed by atoms with E-state index in [0.717, 1.165) is 62.2 Å². The molecule has 1 aliphatic carbocycles. The van der Waals surface area contributed by atoms with E-state index in [1.165, 1.54) is 36.8 Å². The van der Waals surface area contributed by atoms with Gasteiger partial charge in [-0.25, -0.2) is 4.98 Å². The minimum atomic E-state index is -0.833. The molecule has 2 aromatic heterocycles. The number of carboxylic acid groups (broad SMARTS) is 1. The molecule has 3 aliphatic rings. The summed E-state index contributed by atoms with van der Waals surface area (Å²) in [6.07, 6.45) is 8.93. The van der Waals surface area contributed by atoms with E-state index in [1.807, 2.05) is 10.9 Å². The molecule has 1 saturated heterocycles. The van der Waals surface area contributed by atoms with Crippen molar-refractivity contribution in [3.8, 4) is 11.3 Å². The molecule has 29 heavy (non-hydrogen) atoms. The molecule has 1 fully saturated rings. The number of pyridine rings is 1. The summed E-state index contributed by atoms with van der Waals surface area (Å²) in [5, 5.41) is 15.2. The van der Waals surface area contributed by atoms with Gasteiger partial charge in [0.15, 0.2) is 0 Å². The summed E-state index contributed by atoms with van der Waals surface area (Å²) in [5.41, 5.74) is 5.29. The Balaban J connectivity index is 0.000000472. The Bertz CT molecular complexity index is 925. The number of anilines is 1. The molecule has 2 N–H and O–H groups in total. The first kappa shape index (κ1) is 19.4. The number of nitrogens with zero attached hydrogens (tertiary/aromatic N) is 4. The lowest BCUT2D eigenvalue weighted by molar-refractivity contribution is -0.134. The summed E-state index contributed by atoms with van der Waals surface area (Å²) < 4.78 is 1.89. The van der Waals surface area contributed by atoms with E-state index in [2.05, 4.69) is 16.3 Å². The number of hydrogen-bond acceptors (Lipinski definition) is 5. The number of nitrogens with one attached hydrogen (secondary N) is 1. The predicted octanol–water partition coefficient (Wildman–Crippen LogP) is 2.26. The SMILES string of the molecule is CC(=O)O.O=C1NCCn2nc3c(c21)CCc1cnc(N2CCCCCC2)cc1-3. The number of aliphatic carboxylic acids is 1. The van der Waals surface area contributed by atoms with Crippen LogP contribution in [-0.4, -0.2) is 51.4 Å². The second kappa shape index (κ2) is 8.23. The zero-order valence-electron chi connectivity index (χ0n) is 16.8. The molecule has 0 saturated carbocycles. The number of carboxylic acids is 1. The summed E-state index contributed by atoms with van der Waals surface area (Å²) >= 11 is 0. The minimum absolute atomic E-state index is 0.0187. The van der Waals surface area contributed by atoms with Gasteiger partial charge in [-0.15, -0.1) is 0 Å².